The van der Waals surface area contributed by atoms with E-state index in [9.17, 15) is 9.59 Å². The summed E-state index contributed by atoms with van der Waals surface area (Å²) < 4.78 is 8.54. The first-order valence-corrected chi connectivity index (χ1v) is 2.82. The van der Waals surface area contributed by atoms with E-state index in [1.807, 2.05) is 0 Å². The lowest BCUT2D eigenvalue weighted by atomic mass is 10.4. The van der Waals surface area contributed by atoms with Crippen LogP contribution in [0.4, 0.5) is 4.79 Å². The summed E-state index contributed by atoms with van der Waals surface area (Å²) in [7, 11) is 0. The summed E-state index contributed by atoms with van der Waals surface area (Å²) in [5, 5.41) is 16.4. The summed E-state index contributed by atoms with van der Waals surface area (Å²) in [6, 6.07) is 0.969. The minimum atomic E-state index is -1.52. The van der Waals surface area contributed by atoms with E-state index in [0.717, 1.165) is 12.3 Å². The lowest BCUT2D eigenvalue weighted by molar-refractivity contribution is 0.0662. The van der Waals surface area contributed by atoms with Crippen LogP contribution in [0.5, 0.6) is 5.75 Å². The molecule has 0 aromatic carbocycles. The molecule has 0 bridgehead atoms. The molecule has 1 aromatic rings. The van der Waals surface area contributed by atoms with Gasteiger partial charge in [0.25, 0.3) is 0 Å². The zero-order valence-electron chi connectivity index (χ0n) is 5.68. The largest absolute Gasteiger partial charge is 0.511 e. The summed E-state index contributed by atoms with van der Waals surface area (Å²) in [4.78, 5) is 20.1. The normalized spacial score (nSPS) is 9.33. The van der Waals surface area contributed by atoms with Gasteiger partial charge >= 0.3 is 12.1 Å². The van der Waals surface area contributed by atoms with Crippen LogP contribution in [0.2, 0.25) is 0 Å². The molecule has 1 heterocycles. The molecule has 0 amide bonds. The third kappa shape index (κ3) is 1.75. The Morgan fingerprint density at radius 1 is 1.42 bits per heavy atom. The number of hydrogen-bond donors (Lipinski definition) is 2. The highest BCUT2D eigenvalue weighted by Gasteiger charge is 2.11. The summed E-state index contributed by atoms with van der Waals surface area (Å²) in [6.45, 7) is 0. The van der Waals surface area contributed by atoms with Crippen LogP contribution in [0.25, 0.3) is 0 Å². The maximum atomic E-state index is 10.2. The van der Waals surface area contributed by atoms with Crippen molar-refractivity contribution in [1.29, 1.82) is 0 Å². The number of ether oxygens (including phenoxy) is 1. The second-order valence-electron chi connectivity index (χ2n) is 1.82. The van der Waals surface area contributed by atoms with Crippen LogP contribution in [-0.2, 0) is 0 Å². The lowest BCUT2D eigenvalue weighted by Crippen LogP contribution is -2.01. The molecule has 0 aliphatic rings. The van der Waals surface area contributed by atoms with Crippen LogP contribution in [0.3, 0.4) is 0 Å². The van der Waals surface area contributed by atoms with Crippen molar-refractivity contribution in [2.45, 2.75) is 0 Å². The lowest BCUT2D eigenvalue weighted by Gasteiger charge is -1.89. The molecule has 0 unspecified atom stereocenters. The van der Waals surface area contributed by atoms with Crippen LogP contribution < -0.4 is 4.74 Å². The number of rotatable bonds is 2. The molecule has 0 radical (unpaired) electrons. The zero-order valence-corrected chi connectivity index (χ0v) is 5.68. The summed E-state index contributed by atoms with van der Waals surface area (Å²) >= 11 is 0. The first-order chi connectivity index (χ1) is 5.59. The van der Waals surface area contributed by atoms with Crippen LogP contribution in [-0.4, -0.2) is 22.3 Å². The number of carboxylic acids is 1. The van der Waals surface area contributed by atoms with Crippen molar-refractivity contribution in [3.8, 4) is 5.75 Å². The fourth-order valence-electron chi connectivity index (χ4n) is 0.585. The van der Waals surface area contributed by atoms with Crippen LogP contribution in [0, 0.1) is 0 Å². The van der Waals surface area contributed by atoms with Crippen molar-refractivity contribution in [2.24, 2.45) is 0 Å². The molecular weight excluding hydrogens is 168 g/mol. The highest BCUT2D eigenvalue weighted by Crippen LogP contribution is 2.15. The van der Waals surface area contributed by atoms with E-state index < -0.39 is 12.1 Å². The van der Waals surface area contributed by atoms with Crippen molar-refractivity contribution in [2.75, 3.05) is 0 Å². The minimum absolute atomic E-state index is 0.153. The van der Waals surface area contributed by atoms with Gasteiger partial charge in [0, 0.05) is 6.07 Å². The molecule has 0 saturated carbocycles. The van der Waals surface area contributed by atoms with Gasteiger partial charge in [0.2, 0.25) is 5.76 Å². The Hall–Kier alpha value is -1.98. The molecular formula is C6H4O6. The number of aromatic carboxylic acids is 1. The van der Waals surface area contributed by atoms with E-state index in [1.165, 1.54) is 0 Å². The SMILES string of the molecule is O=C(O)Oc1coc(C(=O)O)c1. The Labute approximate surface area is 66.0 Å². The van der Waals surface area contributed by atoms with Gasteiger partial charge in [0.1, 0.15) is 6.26 Å². The third-order valence-corrected chi connectivity index (χ3v) is 0.991. The topological polar surface area (TPSA) is 97.0 Å². The van der Waals surface area contributed by atoms with E-state index in [4.69, 9.17) is 10.2 Å². The first kappa shape index (κ1) is 8.12. The van der Waals surface area contributed by atoms with Crippen molar-refractivity contribution in [3.05, 3.63) is 18.1 Å². The monoisotopic (exact) mass is 172 g/mol. The van der Waals surface area contributed by atoms with Gasteiger partial charge in [-0.25, -0.2) is 9.59 Å². The predicted octanol–water partition coefficient (Wildman–Crippen LogP) is 1.03. The van der Waals surface area contributed by atoms with Gasteiger partial charge in [0.15, 0.2) is 5.75 Å². The molecule has 0 saturated heterocycles. The maximum Gasteiger partial charge on any atom is 0.511 e. The first-order valence-electron chi connectivity index (χ1n) is 2.82. The van der Waals surface area contributed by atoms with Crippen molar-refractivity contribution in [1.82, 2.24) is 0 Å². The number of carbonyl (C=O) groups is 2. The van der Waals surface area contributed by atoms with Crippen molar-refractivity contribution >= 4 is 12.1 Å². The van der Waals surface area contributed by atoms with Gasteiger partial charge in [-0.1, -0.05) is 0 Å². The minimum Gasteiger partial charge on any atom is -0.475 e. The molecule has 6 heteroatoms. The second kappa shape index (κ2) is 2.95. The Kier molecular flexibility index (Phi) is 2.00. The molecule has 6 nitrogen and oxygen atoms in total. The fourth-order valence-corrected chi connectivity index (χ4v) is 0.585. The third-order valence-electron chi connectivity index (χ3n) is 0.991. The Balaban J connectivity index is 2.77. The second-order valence-corrected chi connectivity index (χ2v) is 1.82. The quantitative estimate of drug-likeness (QED) is 0.646. The van der Waals surface area contributed by atoms with Gasteiger partial charge in [-0.2, -0.15) is 0 Å². The van der Waals surface area contributed by atoms with Gasteiger partial charge in [-0.3, -0.25) is 0 Å². The van der Waals surface area contributed by atoms with Gasteiger partial charge in [-0.05, 0) is 0 Å². The Bertz CT molecular complexity index is 312. The van der Waals surface area contributed by atoms with Crippen molar-refractivity contribution < 1.29 is 29.0 Å². The Morgan fingerprint density at radius 3 is 2.50 bits per heavy atom. The van der Waals surface area contributed by atoms with E-state index in [2.05, 4.69) is 9.15 Å². The molecule has 2 N–H and O–H groups in total. The molecule has 0 fully saturated rings. The standard InChI is InChI=1S/C6H4O6/c7-5(8)4-1-3(2-11-4)12-6(9)10/h1-2H,(H,7,8)(H,9,10). The molecule has 1 aromatic heterocycles. The van der Waals surface area contributed by atoms with Crippen LogP contribution in [0.15, 0.2) is 16.7 Å². The maximum absolute atomic E-state index is 10.2. The molecule has 0 atom stereocenters. The van der Waals surface area contributed by atoms with E-state index in [0.29, 0.717) is 0 Å². The number of hydrogen-bond acceptors (Lipinski definition) is 4. The van der Waals surface area contributed by atoms with Crippen LogP contribution >= 0.6 is 0 Å². The predicted molar refractivity (Wildman–Crippen MR) is 34.3 cm³/mol. The van der Waals surface area contributed by atoms with Crippen LogP contribution in [0.1, 0.15) is 10.6 Å². The van der Waals surface area contributed by atoms with Gasteiger partial charge < -0.3 is 19.4 Å². The highest BCUT2D eigenvalue weighted by molar-refractivity contribution is 5.85. The van der Waals surface area contributed by atoms with Crippen molar-refractivity contribution in [3.63, 3.8) is 0 Å². The molecule has 12 heavy (non-hydrogen) atoms. The Morgan fingerprint density at radius 2 is 2.08 bits per heavy atom. The van der Waals surface area contributed by atoms with E-state index in [-0.39, 0.29) is 11.5 Å². The van der Waals surface area contributed by atoms with Gasteiger partial charge in [0.05, 0.1) is 0 Å². The highest BCUT2D eigenvalue weighted by atomic mass is 16.7. The molecule has 0 aliphatic carbocycles. The average Bonchev–Trinajstić information content (AvgIpc) is 2.34. The fraction of sp³-hybridized carbons (Fsp3) is 0. The molecule has 0 aliphatic heterocycles. The summed E-state index contributed by atoms with van der Waals surface area (Å²) in [6.07, 6.45) is -0.620. The smallest absolute Gasteiger partial charge is 0.475 e. The van der Waals surface area contributed by atoms with E-state index >= 15 is 0 Å². The average molecular weight is 172 g/mol. The molecule has 0 spiro atoms. The van der Waals surface area contributed by atoms with Gasteiger partial charge in [-0.15, -0.1) is 0 Å². The van der Waals surface area contributed by atoms with E-state index in [1.54, 1.807) is 0 Å². The number of carboxylic acid groups (broad SMARTS) is 2. The number of furan rings is 1. The molecule has 64 valence electrons. The zero-order chi connectivity index (χ0) is 9.14. The molecule has 1 rings (SSSR count). The summed E-state index contributed by atoms with van der Waals surface area (Å²) in [5.41, 5.74) is 0. The summed E-state index contributed by atoms with van der Waals surface area (Å²) in [5.74, 6) is -1.80.